The zero-order valence-electron chi connectivity index (χ0n) is 11.6. The molecule has 0 saturated heterocycles. The Balaban J connectivity index is 1.50. The minimum atomic E-state index is 0.181. The minimum Gasteiger partial charge on any atom is -0.293 e. The second-order valence-electron chi connectivity index (χ2n) is 5.59. The Labute approximate surface area is 131 Å². The fourth-order valence-electron chi connectivity index (χ4n) is 3.00. The van der Waals surface area contributed by atoms with Gasteiger partial charge in [0.1, 0.15) is 0 Å². The first-order valence-electron chi connectivity index (χ1n) is 7.34. The highest BCUT2D eigenvalue weighted by atomic mass is 32.1. The highest BCUT2D eigenvalue weighted by Crippen LogP contribution is 2.31. The average Bonchev–Trinajstić information content (AvgIpc) is 3.22. The van der Waals surface area contributed by atoms with Crippen molar-refractivity contribution in [3.63, 3.8) is 0 Å². The molecule has 0 unspecified atom stereocenters. The van der Waals surface area contributed by atoms with Gasteiger partial charge in [0.15, 0.2) is 5.78 Å². The van der Waals surface area contributed by atoms with Gasteiger partial charge in [0.25, 0.3) is 0 Å². The Morgan fingerprint density at radius 2 is 2.14 bits per heavy atom. The second-order valence-corrected chi connectivity index (χ2v) is 7.62. The summed E-state index contributed by atoms with van der Waals surface area (Å²) >= 11 is 3.28. The number of carbonyl (C=O) groups is 1. The number of aromatic nitrogens is 2. The van der Waals surface area contributed by atoms with E-state index in [2.05, 4.69) is 21.2 Å². The van der Waals surface area contributed by atoms with E-state index in [1.807, 2.05) is 18.3 Å². The smallest absolute Gasteiger partial charge is 0.178 e. The SMILES string of the molecule is O=C(Cc1ccn(C2CCCC2)n1)c1cc2sccc2s1. The molecule has 0 aliphatic heterocycles. The maximum absolute atomic E-state index is 12.4. The maximum atomic E-state index is 12.4. The molecule has 1 saturated carbocycles. The summed E-state index contributed by atoms with van der Waals surface area (Å²) in [6.07, 6.45) is 7.47. The number of rotatable bonds is 4. The van der Waals surface area contributed by atoms with Crippen LogP contribution in [0.4, 0.5) is 0 Å². The van der Waals surface area contributed by atoms with Gasteiger partial charge >= 0.3 is 0 Å². The fraction of sp³-hybridized carbons (Fsp3) is 0.375. The number of nitrogens with zero attached hydrogens (tertiary/aromatic N) is 2. The lowest BCUT2D eigenvalue weighted by atomic mass is 10.2. The predicted octanol–water partition coefficient (Wildman–Crippen LogP) is 4.70. The van der Waals surface area contributed by atoms with Gasteiger partial charge in [-0.1, -0.05) is 12.8 Å². The monoisotopic (exact) mass is 316 g/mol. The molecule has 3 aromatic heterocycles. The first-order valence-corrected chi connectivity index (χ1v) is 9.03. The zero-order chi connectivity index (χ0) is 14.2. The van der Waals surface area contributed by atoms with Crippen LogP contribution in [0.25, 0.3) is 9.40 Å². The molecular formula is C16H16N2OS2. The van der Waals surface area contributed by atoms with Crippen molar-refractivity contribution in [3.8, 4) is 0 Å². The molecule has 3 aromatic rings. The molecule has 0 radical (unpaired) electrons. The summed E-state index contributed by atoms with van der Waals surface area (Å²) in [5.74, 6) is 0.181. The van der Waals surface area contributed by atoms with E-state index in [-0.39, 0.29) is 5.78 Å². The number of carbonyl (C=O) groups excluding carboxylic acids is 1. The lowest BCUT2D eigenvalue weighted by Gasteiger charge is -2.08. The third-order valence-electron chi connectivity index (χ3n) is 4.12. The van der Waals surface area contributed by atoms with Crippen LogP contribution in [0.2, 0.25) is 0 Å². The van der Waals surface area contributed by atoms with Crippen LogP contribution in [0.1, 0.15) is 47.1 Å². The molecule has 0 amide bonds. The predicted molar refractivity (Wildman–Crippen MR) is 87.5 cm³/mol. The lowest BCUT2D eigenvalue weighted by molar-refractivity contribution is 0.0995. The third kappa shape index (κ3) is 2.56. The van der Waals surface area contributed by atoms with Gasteiger partial charge in [-0.15, -0.1) is 22.7 Å². The largest absolute Gasteiger partial charge is 0.293 e. The van der Waals surface area contributed by atoms with Gasteiger partial charge in [-0.05, 0) is 36.4 Å². The summed E-state index contributed by atoms with van der Waals surface area (Å²) < 4.78 is 4.47. The van der Waals surface area contributed by atoms with Crippen molar-refractivity contribution in [1.82, 2.24) is 9.78 Å². The standard InChI is InChI=1S/C16H16N2OS2/c19-13(15-10-16-14(21-15)6-8-20-16)9-11-5-7-18(17-11)12-3-1-2-4-12/h5-8,10,12H,1-4,9H2. The van der Waals surface area contributed by atoms with Crippen LogP contribution in [-0.2, 0) is 6.42 Å². The van der Waals surface area contributed by atoms with E-state index in [0.29, 0.717) is 12.5 Å². The van der Waals surface area contributed by atoms with Crippen LogP contribution in [-0.4, -0.2) is 15.6 Å². The van der Waals surface area contributed by atoms with Gasteiger partial charge < -0.3 is 0 Å². The summed E-state index contributed by atoms with van der Waals surface area (Å²) in [7, 11) is 0. The Kier molecular flexibility index (Phi) is 3.39. The van der Waals surface area contributed by atoms with Crippen molar-refractivity contribution in [1.29, 1.82) is 0 Å². The van der Waals surface area contributed by atoms with Crippen LogP contribution >= 0.6 is 22.7 Å². The Bertz CT molecular complexity index is 749. The van der Waals surface area contributed by atoms with E-state index >= 15 is 0 Å². The van der Waals surface area contributed by atoms with E-state index in [4.69, 9.17) is 0 Å². The summed E-state index contributed by atoms with van der Waals surface area (Å²) in [5, 5.41) is 6.67. The fourth-order valence-corrected chi connectivity index (χ4v) is 5.04. The minimum absolute atomic E-state index is 0.181. The molecule has 3 nitrogen and oxygen atoms in total. The number of thiophene rings is 2. The van der Waals surface area contributed by atoms with Gasteiger partial charge in [-0.2, -0.15) is 5.10 Å². The first-order chi connectivity index (χ1) is 10.3. The summed E-state index contributed by atoms with van der Waals surface area (Å²) in [6, 6.07) is 6.63. The van der Waals surface area contributed by atoms with E-state index in [9.17, 15) is 4.79 Å². The van der Waals surface area contributed by atoms with Gasteiger partial charge in [0, 0.05) is 15.6 Å². The molecule has 21 heavy (non-hydrogen) atoms. The van der Waals surface area contributed by atoms with E-state index in [1.54, 1.807) is 22.7 Å². The third-order valence-corrected chi connectivity index (χ3v) is 6.25. The maximum Gasteiger partial charge on any atom is 0.178 e. The molecule has 0 spiro atoms. The number of ketones is 1. The van der Waals surface area contributed by atoms with Crippen molar-refractivity contribution in [2.45, 2.75) is 38.1 Å². The Hall–Kier alpha value is -1.46. The van der Waals surface area contributed by atoms with Gasteiger partial charge in [-0.3, -0.25) is 9.48 Å². The molecule has 0 N–H and O–H groups in total. The number of hydrogen-bond acceptors (Lipinski definition) is 4. The molecular weight excluding hydrogens is 300 g/mol. The molecule has 0 atom stereocenters. The van der Waals surface area contributed by atoms with E-state index in [0.717, 1.165) is 10.6 Å². The number of fused-ring (bicyclic) bond motifs is 1. The molecule has 1 aliphatic rings. The zero-order valence-corrected chi connectivity index (χ0v) is 13.3. The number of hydrogen-bond donors (Lipinski definition) is 0. The number of Topliss-reactive ketones (excluding diaryl/α,β-unsaturated/α-hetero) is 1. The van der Waals surface area contributed by atoms with Crippen LogP contribution in [0.3, 0.4) is 0 Å². The summed E-state index contributed by atoms with van der Waals surface area (Å²) in [4.78, 5) is 13.2. The topological polar surface area (TPSA) is 34.9 Å². The van der Waals surface area contributed by atoms with Crippen LogP contribution in [0, 0.1) is 0 Å². The van der Waals surface area contributed by atoms with E-state index in [1.165, 1.54) is 35.1 Å². The lowest BCUT2D eigenvalue weighted by Crippen LogP contribution is -2.07. The van der Waals surface area contributed by atoms with Crippen molar-refractivity contribution < 1.29 is 4.79 Å². The molecule has 1 aliphatic carbocycles. The van der Waals surface area contributed by atoms with Crippen LogP contribution in [0.5, 0.6) is 0 Å². The molecule has 1 fully saturated rings. The normalized spacial score (nSPS) is 16.0. The van der Waals surface area contributed by atoms with Crippen LogP contribution in [0.15, 0.2) is 29.8 Å². The molecule has 4 rings (SSSR count). The van der Waals surface area contributed by atoms with Crippen molar-refractivity contribution in [3.05, 3.63) is 40.3 Å². The highest BCUT2D eigenvalue weighted by Gasteiger charge is 2.19. The van der Waals surface area contributed by atoms with E-state index < -0.39 is 0 Å². The Morgan fingerprint density at radius 1 is 1.29 bits per heavy atom. The summed E-state index contributed by atoms with van der Waals surface area (Å²) in [5.41, 5.74) is 0.892. The molecule has 3 heterocycles. The van der Waals surface area contributed by atoms with Crippen molar-refractivity contribution >= 4 is 37.9 Å². The molecule has 5 heteroatoms. The molecule has 108 valence electrons. The first kappa shape index (κ1) is 13.2. The van der Waals surface area contributed by atoms with Gasteiger partial charge in [0.2, 0.25) is 0 Å². The van der Waals surface area contributed by atoms with Gasteiger partial charge in [-0.25, -0.2) is 0 Å². The summed E-state index contributed by atoms with van der Waals surface area (Å²) in [6.45, 7) is 0. The van der Waals surface area contributed by atoms with Crippen LogP contribution < -0.4 is 0 Å². The van der Waals surface area contributed by atoms with Crippen molar-refractivity contribution in [2.75, 3.05) is 0 Å². The highest BCUT2D eigenvalue weighted by molar-refractivity contribution is 7.27. The Morgan fingerprint density at radius 3 is 2.95 bits per heavy atom. The second kappa shape index (κ2) is 5.39. The van der Waals surface area contributed by atoms with Crippen molar-refractivity contribution in [2.24, 2.45) is 0 Å². The molecule has 0 bridgehead atoms. The average molecular weight is 316 g/mol. The quantitative estimate of drug-likeness (QED) is 0.654. The van der Waals surface area contributed by atoms with Gasteiger partial charge in [0.05, 0.1) is 23.0 Å². The molecule has 0 aromatic carbocycles.